The van der Waals surface area contributed by atoms with Crippen LogP contribution in [0, 0.1) is 0 Å². The average molecular weight is 188 g/mol. The molecular formula is C8H10ClNO2. The zero-order valence-electron chi connectivity index (χ0n) is 6.79. The minimum atomic E-state index is 0.250. The van der Waals surface area contributed by atoms with Crippen molar-refractivity contribution in [2.45, 2.75) is 6.92 Å². The van der Waals surface area contributed by atoms with Crippen LogP contribution >= 0.6 is 11.6 Å². The van der Waals surface area contributed by atoms with Gasteiger partial charge in [0.05, 0.1) is 6.20 Å². The Hall–Kier alpha value is -0.800. The molecule has 4 heteroatoms. The van der Waals surface area contributed by atoms with Gasteiger partial charge < -0.3 is 9.47 Å². The molecule has 12 heavy (non-hydrogen) atoms. The largest absolute Gasteiger partial charge is 0.466 e. The van der Waals surface area contributed by atoms with E-state index < -0.39 is 0 Å². The van der Waals surface area contributed by atoms with E-state index in [1.54, 1.807) is 18.3 Å². The SMILES string of the molecule is CCOCOc1ccc(Cl)nc1. The zero-order chi connectivity index (χ0) is 8.81. The Morgan fingerprint density at radius 3 is 2.92 bits per heavy atom. The number of hydrogen-bond acceptors (Lipinski definition) is 3. The van der Waals surface area contributed by atoms with Crippen molar-refractivity contribution in [2.75, 3.05) is 13.4 Å². The van der Waals surface area contributed by atoms with Crippen molar-refractivity contribution in [2.24, 2.45) is 0 Å². The van der Waals surface area contributed by atoms with E-state index in [4.69, 9.17) is 21.1 Å². The topological polar surface area (TPSA) is 31.4 Å². The van der Waals surface area contributed by atoms with Crippen LogP contribution in [0.1, 0.15) is 6.92 Å². The molecule has 66 valence electrons. The first kappa shape index (κ1) is 9.29. The molecule has 0 unspecified atom stereocenters. The van der Waals surface area contributed by atoms with Gasteiger partial charge in [0.1, 0.15) is 10.9 Å². The van der Waals surface area contributed by atoms with E-state index in [2.05, 4.69) is 4.98 Å². The van der Waals surface area contributed by atoms with Gasteiger partial charge in [-0.15, -0.1) is 0 Å². The molecule has 1 heterocycles. The van der Waals surface area contributed by atoms with Crippen molar-refractivity contribution in [1.82, 2.24) is 4.98 Å². The molecular weight excluding hydrogens is 178 g/mol. The molecule has 0 saturated heterocycles. The maximum absolute atomic E-state index is 5.58. The highest BCUT2D eigenvalue weighted by atomic mass is 35.5. The van der Waals surface area contributed by atoms with Crippen LogP contribution in [0.3, 0.4) is 0 Å². The monoisotopic (exact) mass is 187 g/mol. The van der Waals surface area contributed by atoms with E-state index in [9.17, 15) is 0 Å². The first-order valence-corrected chi connectivity index (χ1v) is 4.03. The number of aromatic nitrogens is 1. The third-order valence-corrected chi connectivity index (χ3v) is 1.44. The minimum Gasteiger partial charge on any atom is -0.466 e. The van der Waals surface area contributed by atoms with E-state index in [1.165, 1.54) is 0 Å². The molecule has 0 aliphatic heterocycles. The second-order valence-electron chi connectivity index (χ2n) is 2.07. The quantitative estimate of drug-likeness (QED) is 0.411. The molecule has 0 saturated carbocycles. The third-order valence-electron chi connectivity index (χ3n) is 1.21. The van der Waals surface area contributed by atoms with Crippen molar-refractivity contribution < 1.29 is 9.47 Å². The predicted octanol–water partition coefficient (Wildman–Crippen LogP) is 2.11. The van der Waals surface area contributed by atoms with Gasteiger partial charge in [-0.1, -0.05) is 11.6 Å². The summed E-state index contributed by atoms with van der Waals surface area (Å²) >= 11 is 5.58. The van der Waals surface area contributed by atoms with Gasteiger partial charge in [0, 0.05) is 6.61 Å². The fourth-order valence-corrected chi connectivity index (χ4v) is 0.752. The first-order chi connectivity index (χ1) is 5.83. The summed E-state index contributed by atoms with van der Waals surface area (Å²) in [5.74, 6) is 0.660. The number of halogens is 1. The Labute approximate surface area is 76.3 Å². The van der Waals surface area contributed by atoms with E-state index in [0.717, 1.165) is 0 Å². The van der Waals surface area contributed by atoms with Gasteiger partial charge in [0.25, 0.3) is 0 Å². The molecule has 1 aromatic heterocycles. The fraction of sp³-hybridized carbons (Fsp3) is 0.375. The highest BCUT2D eigenvalue weighted by Gasteiger charge is 1.92. The van der Waals surface area contributed by atoms with Crippen molar-refractivity contribution in [3.63, 3.8) is 0 Å². The second-order valence-corrected chi connectivity index (χ2v) is 2.46. The molecule has 0 amide bonds. The molecule has 0 aliphatic rings. The van der Waals surface area contributed by atoms with Crippen molar-refractivity contribution in [3.05, 3.63) is 23.5 Å². The number of rotatable bonds is 4. The Bertz CT molecular complexity index is 225. The normalized spacial score (nSPS) is 9.83. The van der Waals surface area contributed by atoms with Crippen molar-refractivity contribution >= 4 is 11.6 Å². The van der Waals surface area contributed by atoms with Gasteiger partial charge in [0.2, 0.25) is 0 Å². The van der Waals surface area contributed by atoms with Crippen LogP contribution in [0.25, 0.3) is 0 Å². The highest BCUT2D eigenvalue weighted by Crippen LogP contribution is 2.11. The van der Waals surface area contributed by atoms with Crippen LogP contribution in [-0.2, 0) is 4.74 Å². The van der Waals surface area contributed by atoms with Crippen LogP contribution in [0.2, 0.25) is 5.15 Å². The van der Waals surface area contributed by atoms with Crippen LogP contribution in [-0.4, -0.2) is 18.4 Å². The molecule has 0 N–H and O–H groups in total. The summed E-state index contributed by atoms with van der Waals surface area (Å²) in [7, 11) is 0. The van der Waals surface area contributed by atoms with E-state index in [-0.39, 0.29) is 6.79 Å². The Kier molecular flexibility index (Phi) is 3.84. The molecule has 3 nitrogen and oxygen atoms in total. The minimum absolute atomic E-state index is 0.250. The molecule has 0 spiro atoms. The Morgan fingerprint density at radius 2 is 2.33 bits per heavy atom. The van der Waals surface area contributed by atoms with Crippen LogP contribution < -0.4 is 4.74 Å². The van der Waals surface area contributed by atoms with Gasteiger partial charge in [0.15, 0.2) is 6.79 Å². The summed E-state index contributed by atoms with van der Waals surface area (Å²) in [5, 5.41) is 0.457. The standard InChI is InChI=1S/C8H10ClNO2/c1-2-11-6-12-7-3-4-8(9)10-5-7/h3-5H,2,6H2,1H3. The van der Waals surface area contributed by atoms with Gasteiger partial charge >= 0.3 is 0 Å². The Morgan fingerprint density at radius 1 is 1.50 bits per heavy atom. The summed E-state index contributed by atoms with van der Waals surface area (Å²) in [5.41, 5.74) is 0. The lowest BCUT2D eigenvalue weighted by molar-refractivity contribution is 0.0222. The fourth-order valence-electron chi connectivity index (χ4n) is 0.641. The van der Waals surface area contributed by atoms with E-state index in [1.807, 2.05) is 6.92 Å². The Balaban J connectivity index is 2.37. The van der Waals surface area contributed by atoms with Crippen LogP contribution in [0.15, 0.2) is 18.3 Å². The first-order valence-electron chi connectivity index (χ1n) is 3.65. The van der Waals surface area contributed by atoms with Crippen LogP contribution in [0.5, 0.6) is 5.75 Å². The summed E-state index contributed by atoms with van der Waals surface area (Å²) < 4.78 is 10.1. The molecule has 0 fully saturated rings. The molecule has 0 atom stereocenters. The summed E-state index contributed by atoms with van der Waals surface area (Å²) in [6, 6.07) is 3.41. The van der Waals surface area contributed by atoms with Crippen LogP contribution in [0.4, 0.5) is 0 Å². The van der Waals surface area contributed by atoms with Gasteiger partial charge in [-0.2, -0.15) is 0 Å². The lowest BCUT2D eigenvalue weighted by atomic mass is 10.5. The van der Waals surface area contributed by atoms with Gasteiger partial charge in [-0.05, 0) is 19.1 Å². The lowest BCUT2D eigenvalue weighted by Crippen LogP contribution is -2.01. The number of ether oxygens (including phenoxy) is 2. The molecule has 1 aromatic rings. The summed E-state index contributed by atoms with van der Waals surface area (Å²) in [6.45, 7) is 2.80. The summed E-state index contributed by atoms with van der Waals surface area (Å²) in [6.07, 6.45) is 1.56. The second kappa shape index (κ2) is 4.95. The lowest BCUT2D eigenvalue weighted by Gasteiger charge is -2.04. The molecule has 0 bridgehead atoms. The molecule has 0 aliphatic carbocycles. The van der Waals surface area contributed by atoms with Crippen molar-refractivity contribution in [1.29, 1.82) is 0 Å². The van der Waals surface area contributed by atoms with E-state index >= 15 is 0 Å². The molecule has 0 aromatic carbocycles. The smallest absolute Gasteiger partial charge is 0.189 e. The van der Waals surface area contributed by atoms with E-state index in [0.29, 0.717) is 17.5 Å². The molecule has 1 rings (SSSR count). The van der Waals surface area contributed by atoms with Gasteiger partial charge in [-0.25, -0.2) is 4.98 Å². The average Bonchev–Trinajstić information content (AvgIpc) is 2.09. The number of nitrogens with zero attached hydrogens (tertiary/aromatic N) is 1. The zero-order valence-corrected chi connectivity index (χ0v) is 7.54. The number of hydrogen-bond donors (Lipinski definition) is 0. The highest BCUT2D eigenvalue weighted by molar-refractivity contribution is 6.29. The maximum atomic E-state index is 5.58. The summed E-state index contributed by atoms with van der Waals surface area (Å²) in [4.78, 5) is 3.84. The molecule has 0 radical (unpaired) electrons. The third kappa shape index (κ3) is 3.07. The van der Waals surface area contributed by atoms with Gasteiger partial charge in [-0.3, -0.25) is 0 Å². The predicted molar refractivity (Wildman–Crippen MR) is 46.4 cm³/mol. The number of pyridine rings is 1. The van der Waals surface area contributed by atoms with Crippen molar-refractivity contribution in [3.8, 4) is 5.75 Å². The maximum Gasteiger partial charge on any atom is 0.189 e.